The number of rotatable bonds is 20. The Hall–Kier alpha value is -4.43. The lowest BCUT2D eigenvalue weighted by Gasteiger charge is -2.31. The standard InChI is InChI=1S/C34H53N7O8/c1-6-21(5)28(41-31(46)24(17-20(3)4)39-32(47)26-19-35-15-16-36-26)33(48)40-25(18-22-11-9-8-10-12-22)30(45)38-23(7-2)29(44)34(49)37-14-13-27(42)43/h15-16,19-25,28H,6-14,17-18H2,1-5H3,(H,37,49)(H,38,45)(H,39,47)(H,40,48)(H,41,46)(H,42,43)/t21?,23?,24-,25-,28-/m0/s1. The van der Waals surface area contributed by atoms with E-state index in [1.165, 1.54) is 18.6 Å². The first-order valence-electron chi connectivity index (χ1n) is 17.3. The van der Waals surface area contributed by atoms with E-state index in [2.05, 4.69) is 36.6 Å². The van der Waals surface area contributed by atoms with Crippen LogP contribution in [-0.4, -0.2) is 87.1 Å². The summed E-state index contributed by atoms with van der Waals surface area (Å²) in [6.07, 6.45) is 9.71. The van der Waals surface area contributed by atoms with Crippen LogP contribution in [0.5, 0.6) is 0 Å². The highest BCUT2D eigenvalue weighted by atomic mass is 16.4. The highest BCUT2D eigenvalue weighted by Crippen LogP contribution is 2.27. The molecule has 0 saturated heterocycles. The first-order valence-corrected chi connectivity index (χ1v) is 17.3. The van der Waals surface area contributed by atoms with Crippen LogP contribution in [0.1, 0.15) is 109 Å². The van der Waals surface area contributed by atoms with E-state index in [0.29, 0.717) is 12.8 Å². The van der Waals surface area contributed by atoms with Crippen LogP contribution in [0, 0.1) is 17.8 Å². The Kier molecular flexibility index (Phi) is 17.3. The Bertz CT molecular complexity index is 1290. The monoisotopic (exact) mass is 687 g/mol. The van der Waals surface area contributed by atoms with Crippen molar-refractivity contribution in [2.24, 2.45) is 17.8 Å². The first-order chi connectivity index (χ1) is 23.3. The molecule has 1 fully saturated rings. The molecule has 6 N–H and O–H groups in total. The number of amides is 5. The van der Waals surface area contributed by atoms with E-state index in [-0.39, 0.29) is 49.3 Å². The molecule has 2 unspecified atom stereocenters. The van der Waals surface area contributed by atoms with Gasteiger partial charge in [-0.05, 0) is 37.0 Å². The molecule has 0 radical (unpaired) electrons. The van der Waals surface area contributed by atoms with E-state index in [1.807, 2.05) is 20.8 Å². The number of carboxylic acids is 1. The molecule has 1 aliphatic carbocycles. The molecule has 49 heavy (non-hydrogen) atoms. The Balaban J connectivity index is 2.25. The van der Waals surface area contributed by atoms with Gasteiger partial charge >= 0.3 is 5.97 Å². The van der Waals surface area contributed by atoms with Crippen LogP contribution in [0.2, 0.25) is 0 Å². The van der Waals surface area contributed by atoms with Crippen LogP contribution in [0.15, 0.2) is 18.6 Å². The number of carbonyl (C=O) groups is 7. The quantitative estimate of drug-likeness (QED) is 0.109. The third-order valence-corrected chi connectivity index (χ3v) is 8.73. The Labute approximate surface area is 287 Å². The number of hydrogen-bond acceptors (Lipinski definition) is 9. The fourth-order valence-electron chi connectivity index (χ4n) is 5.71. The van der Waals surface area contributed by atoms with Crippen molar-refractivity contribution in [3.8, 4) is 0 Å². The number of aliphatic carboxylic acids is 1. The summed E-state index contributed by atoms with van der Waals surface area (Å²) < 4.78 is 0. The zero-order valence-corrected chi connectivity index (χ0v) is 29.3. The summed E-state index contributed by atoms with van der Waals surface area (Å²) >= 11 is 0. The van der Waals surface area contributed by atoms with Crippen molar-refractivity contribution in [1.29, 1.82) is 0 Å². The van der Waals surface area contributed by atoms with Crippen molar-refractivity contribution in [2.75, 3.05) is 6.54 Å². The molecule has 1 aromatic rings. The van der Waals surface area contributed by atoms with Gasteiger partial charge in [-0.1, -0.05) is 73.1 Å². The first kappa shape index (κ1) is 40.7. The van der Waals surface area contributed by atoms with E-state index in [4.69, 9.17) is 5.11 Å². The second-order valence-electron chi connectivity index (χ2n) is 13.2. The van der Waals surface area contributed by atoms with E-state index >= 15 is 0 Å². The van der Waals surface area contributed by atoms with Gasteiger partial charge in [-0.2, -0.15) is 0 Å². The van der Waals surface area contributed by atoms with Gasteiger partial charge < -0.3 is 31.7 Å². The van der Waals surface area contributed by atoms with Gasteiger partial charge in [0.25, 0.3) is 11.8 Å². The lowest BCUT2D eigenvalue weighted by atomic mass is 9.84. The third-order valence-electron chi connectivity index (χ3n) is 8.73. The summed E-state index contributed by atoms with van der Waals surface area (Å²) in [6, 6.07) is -4.28. The third kappa shape index (κ3) is 13.9. The Morgan fingerprint density at radius 2 is 1.47 bits per heavy atom. The summed E-state index contributed by atoms with van der Waals surface area (Å²) in [5.74, 6) is -5.64. The van der Waals surface area contributed by atoms with Gasteiger partial charge in [-0.15, -0.1) is 0 Å². The summed E-state index contributed by atoms with van der Waals surface area (Å²) in [5.41, 5.74) is 0.0402. The normalized spacial score (nSPS) is 16.3. The summed E-state index contributed by atoms with van der Waals surface area (Å²) in [5, 5.41) is 22.0. The zero-order chi connectivity index (χ0) is 36.5. The number of carboxylic acid groups (broad SMARTS) is 1. The van der Waals surface area contributed by atoms with E-state index in [9.17, 15) is 33.6 Å². The lowest BCUT2D eigenvalue weighted by molar-refractivity contribution is -0.141. The van der Waals surface area contributed by atoms with E-state index in [1.54, 1.807) is 13.8 Å². The zero-order valence-electron chi connectivity index (χ0n) is 29.3. The van der Waals surface area contributed by atoms with Gasteiger partial charge in [-0.25, -0.2) is 4.98 Å². The van der Waals surface area contributed by atoms with Gasteiger partial charge in [0, 0.05) is 18.9 Å². The van der Waals surface area contributed by atoms with Crippen molar-refractivity contribution in [1.82, 2.24) is 36.6 Å². The molecule has 0 aromatic carbocycles. The average molecular weight is 688 g/mol. The Morgan fingerprint density at radius 1 is 0.816 bits per heavy atom. The van der Waals surface area contributed by atoms with Gasteiger partial charge in [0.15, 0.2) is 0 Å². The molecule has 1 aromatic heterocycles. The molecular weight excluding hydrogens is 634 g/mol. The molecule has 15 nitrogen and oxygen atoms in total. The minimum Gasteiger partial charge on any atom is -0.481 e. The number of aromatic nitrogens is 2. The number of Topliss-reactive ketones (excluding diaryl/α,β-unsaturated/α-hetero) is 1. The minimum atomic E-state index is -1.19. The SMILES string of the molecule is CCC(NC(=O)[C@H](CC1CCCCC1)NC(=O)[C@@H](NC(=O)[C@H](CC(C)C)NC(=O)c1cnccn1)C(C)CC)C(=O)C(=O)NCCC(=O)O. The van der Waals surface area contributed by atoms with Crippen LogP contribution < -0.4 is 26.6 Å². The molecule has 1 aliphatic rings. The van der Waals surface area contributed by atoms with Crippen molar-refractivity contribution in [2.45, 2.75) is 123 Å². The second-order valence-corrected chi connectivity index (χ2v) is 13.2. The fourth-order valence-corrected chi connectivity index (χ4v) is 5.71. The summed E-state index contributed by atoms with van der Waals surface area (Å²) in [4.78, 5) is 98.0. The topological polar surface area (TPSA) is 226 Å². The summed E-state index contributed by atoms with van der Waals surface area (Å²) in [6.45, 7) is 8.84. The van der Waals surface area contributed by atoms with Crippen LogP contribution >= 0.6 is 0 Å². The maximum atomic E-state index is 13.9. The van der Waals surface area contributed by atoms with Crippen molar-refractivity contribution in [3.05, 3.63) is 24.3 Å². The maximum absolute atomic E-state index is 13.9. The predicted octanol–water partition coefficient (Wildman–Crippen LogP) is 1.66. The minimum absolute atomic E-state index is 0.0193. The number of nitrogens with zero attached hydrogens (tertiary/aromatic N) is 2. The van der Waals surface area contributed by atoms with E-state index < -0.39 is 65.5 Å². The molecule has 272 valence electrons. The lowest BCUT2D eigenvalue weighted by Crippen LogP contribution is -2.60. The van der Waals surface area contributed by atoms with Crippen LogP contribution in [0.3, 0.4) is 0 Å². The number of ketones is 1. The highest BCUT2D eigenvalue weighted by molar-refractivity contribution is 6.38. The molecule has 15 heteroatoms. The largest absolute Gasteiger partial charge is 0.481 e. The molecular formula is C34H53N7O8. The van der Waals surface area contributed by atoms with Gasteiger partial charge in [0.05, 0.1) is 18.7 Å². The fraction of sp³-hybridized carbons (Fsp3) is 0.676. The number of hydrogen-bond donors (Lipinski definition) is 6. The average Bonchev–Trinajstić information content (AvgIpc) is 3.08. The van der Waals surface area contributed by atoms with Gasteiger partial charge in [0.1, 0.15) is 23.8 Å². The molecule has 0 aliphatic heterocycles. The molecule has 1 heterocycles. The number of carbonyl (C=O) groups excluding carboxylic acids is 6. The molecule has 1 saturated carbocycles. The highest BCUT2D eigenvalue weighted by Gasteiger charge is 2.35. The van der Waals surface area contributed by atoms with Crippen molar-refractivity contribution < 1.29 is 38.7 Å². The second kappa shape index (κ2) is 20.8. The molecule has 2 rings (SSSR count). The number of nitrogens with one attached hydrogen (secondary N) is 5. The van der Waals surface area contributed by atoms with Gasteiger partial charge in [-0.3, -0.25) is 38.5 Å². The van der Waals surface area contributed by atoms with E-state index in [0.717, 1.165) is 32.1 Å². The molecule has 0 bridgehead atoms. The van der Waals surface area contributed by atoms with Crippen molar-refractivity contribution >= 4 is 41.3 Å². The van der Waals surface area contributed by atoms with Crippen LogP contribution in [0.4, 0.5) is 0 Å². The van der Waals surface area contributed by atoms with Crippen LogP contribution in [0.25, 0.3) is 0 Å². The van der Waals surface area contributed by atoms with Crippen LogP contribution in [-0.2, 0) is 28.8 Å². The maximum Gasteiger partial charge on any atom is 0.305 e. The molecule has 0 spiro atoms. The van der Waals surface area contributed by atoms with Gasteiger partial charge in [0.2, 0.25) is 23.5 Å². The molecule has 5 amide bonds. The smallest absolute Gasteiger partial charge is 0.305 e. The summed E-state index contributed by atoms with van der Waals surface area (Å²) in [7, 11) is 0. The molecule has 5 atom stereocenters. The van der Waals surface area contributed by atoms with Crippen molar-refractivity contribution in [3.63, 3.8) is 0 Å². The predicted molar refractivity (Wildman–Crippen MR) is 180 cm³/mol. The Morgan fingerprint density at radius 3 is 2.04 bits per heavy atom.